The van der Waals surface area contributed by atoms with E-state index in [0.29, 0.717) is 53.6 Å². The van der Waals surface area contributed by atoms with Gasteiger partial charge in [0.1, 0.15) is 29.8 Å². The van der Waals surface area contributed by atoms with Crippen LogP contribution in [0.15, 0.2) is 48.8 Å². The van der Waals surface area contributed by atoms with Crippen molar-refractivity contribution in [3.63, 3.8) is 0 Å². The predicted molar refractivity (Wildman–Crippen MR) is 130 cm³/mol. The predicted octanol–water partition coefficient (Wildman–Crippen LogP) is 4.39. The molecule has 2 aromatic carbocycles. The van der Waals surface area contributed by atoms with Crippen LogP contribution in [0.25, 0.3) is 10.9 Å². The van der Waals surface area contributed by atoms with Crippen molar-refractivity contribution in [1.29, 1.82) is 0 Å². The van der Waals surface area contributed by atoms with Crippen LogP contribution in [0.3, 0.4) is 0 Å². The van der Waals surface area contributed by atoms with E-state index in [0.717, 1.165) is 6.42 Å². The van der Waals surface area contributed by atoms with Gasteiger partial charge in [-0.3, -0.25) is 4.79 Å². The maximum atomic E-state index is 13.6. The quantitative estimate of drug-likeness (QED) is 0.457. The van der Waals surface area contributed by atoms with E-state index in [1.54, 1.807) is 24.3 Å². The number of hydrogen-bond donors (Lipinski definition) is 2. The first kappa shape index (κ1) is 23.9. The Morgan fingerprint density at radius 3 is 2.91 bits per heavy atom. The molecule has 0 aliphatic carbocycles. The van der Waals surface area contributed by atoms with Gasteiger partial charge in [0.05, 0.1) is 29.4 Å². The van der Waals surface area contributed by atoms with Gasteiger partial charge in [0.15, 0.2) is 0 Å². The first-order chi connectivity index (χ1) is 16.4. The van der Waals surface area contributed by atoms with Gasteiger partial charge in [0.25, 0.3) is 0 Å². The van der Waals surface area contributed by atoms with E-state index in [1.807, 2.05) is 19.0 Å². The van der Waals surface area contributed by atoms with Crippen LogP contribution in [0, 0.1) is 5.82 Å². The maximum Gasteiger partial charge on any atom is 0.248 e. The summed E-state index contributed by atoms with van der Waals surface area (Å²) in [6.07, 6.45) is 5.32. The summed E-state index contributed by atoms with van der Waals surface area (Å²) in [7, 11) is 3.84. The maximum absolute atomic E-state index is 13.6. The number of benzene rings is 2. The lowest BCUT2D eigenvalue weighted by Crippen LogP contribution is -2.18. The van der Waals surface area contributed by atoms with Gasteiger partial charge in [-0.15, -0.1) is 0 Å². The molecular weight excluding hydrogens is 461 g/mol. The number of likely N-dealkylation sites (N-methyl/N-ethyl adjacent to an activating group) is 1. The molecule has 0 spiro atoms. The molecule has 0 unspecified atom stereocenters. The third kappa shape index (κ3) is 5.99. The Kier molecular flexibility index (Phi) is 7.56. The van der Waals surface area contributed by atoms with Gasteiger partial charge in [-0.25, -0.2) is 14.4 Å². The number of nitrogens with zero attached hydrogens (tertiary/aromatic N) is 3. The minimum atomic E-state index is -0.509. The van der Waals surface area contributed by atoms with Crippen LogP contribution in [0.4, 0.5) is 21.6 Å². The molecule has 4 rings (SSSR count). The molecule has 0 saturated carbocycles. The van der Waals surface area contributed by atoms with Crippen molar-refractivity contribution in [3.8, 4) is 5.75 Å². The van der Waals surface area contributed by atoms with Crippen molar-refractivity contribution >= 4 is 45.6 Å². The highest BCUT2D eigenvalue weighted by Gasteiger charge is 2.20. The first-order valence-electron chi connectivity index (χ1n) is 10.8. The molecule has 3 aromatic rings. The van der Waals surface area contributed by atoms with Gasteiger partial charge in [0, 0.05) is 36.2 Å². The van der Waals surface area contributed by atoms with E-state index in [2.05, 4.69) is 20.6 Å². The Hall–Kier alpha value is -3.27. The SMILES string of the molecule is CN(C)C/C=C\C(=O)Nc1cc2c(Nc3ccc(F)c(Cl)c3)ncnc2cc1O[C@H]1CCOC1. The summed E-state index contributed by atoms with van der Waals surface area (Å²) in [5.74, 6) is 0.170. The molecule has 0 bridgehead atoms. The smallest absolute Gasteiger partial charge is 0.248 e. The number of carbonyl (C=O) groups is 1. The fraction of sp³-hybridized carbons (Fsp3) is 0.292. The Balaban J connectivity index is 1.68. The number of aromatic nitrogens is 2. The second kappa shape index (κ2) is 10.8. The molecule has 1 atom stereocenters. The minimum Gasteiger partial charge on any atom is -0.486 e. The van der Waals surface area contributed by atoms with Crippen LogP contribution >= 0.6 is 11.6 Å². The van der Waals surface area contributed by atoms with Crippen molar-refractivity contribution in [2.24, 2.45) is 0 Å². The van der Waals surface area contributed by atoms with Gasteiger partial charge in [0.2, 0.25) is 5.91 Å². The average molecular weight is 486 g/mol. The Labute approximate surface area is 201 Å². The third-order valence-electron chi connectivity index (χ3n) is 5.10. The lowest BCUT2D eigenvalue weighted by atomic mass is 10.1. The van der Waals surface area contributed by atoms with E-state index in [4.69, 9.17) is 21.1 Å². The molecule has 178 valence electrons. The molecule has 2 N–H and O–H groups in total. The second-order valence-corrected chi connectivity index (χ2v) is 8.51. The second-order valence-electron chi connectivity index (χ2n) is 8.10. The molecule has 1 fully saturated rings. The fourth-order valence-corrected chi connectivity index (χ4v) is 3.60. The van der Waals surface area contributed by atoms with Crippen LogP contribution in [0.1, 0.15) is 6.42 Å². The monoisotopic (exact) mass is 485 g/mol. The molecule has 10 heteroatoms. The highest BCUT2D eigenvalue weighted by molar-refractivity contribution is 6.31. The lowest BCUT2D eigenvalue weighted by molar-refractivity contribution is -0.111. The summed E-state index contributed by atoms with van der Waals surface area (Å²) in [6, 6.07) is 7.82. The molecule has 2 heterocycles. The highest BCUT2D eigenvalue weighted by atomic mass is 35.5. The zero-order valence-electron chi connectivity index (χ0n) is 18.8. The molecular formula is C24H25ClFN5O3. The van der Waals surface area contributed by atoms with Crippen molar-refractivity contribution in [2.45, 2.75) is 12.5 Å². The summed E-state index contributed by atoms with van der Waals surface area (Å²) in [5.41, 5.74) is 1.65. The summed E-state index contributed by atoms with van der Waals surface area (Å²) < 4.78 is 25.1. The number of amides is 1. The number of fused-ring (bicyclic) bond motifs is 1. The van der Waals surface area contributed by atoms with Gasteiger partial charge >= 0.3 is 0 Å². The van der Waals surface area contributed by atoms with E-state index in [-0.39, 0.29) is 17.0 Å². The average Bonchev–Trinajstić information content (AvgIpc) is 3.30. The third-order valence-corrected chi connectivity index (χ3v) is 5.39. The number of carbonyl (C=O) groups excluding carboxylic acids is 1. The molecule has 1 saturated heterocycles. The number of hydrogen-bond acceptors (Lipinski definition) is 7. The summed E-state index contributed by atoms with van der Waals surface area (Å²) in [4.78, 5) is 23.2. The normalized spacial score (nSPS) is 15.9. The summed E-state index contributed by atoms with van der Waals surface area (Å²) in [6.45, 7) is 1.75. The zero-order chi connectivity index (χ0) is 24.1. The standard InChI is InChI=1S/C24H25ClFN5O3/c1-31(2)8-3-4-23(32)30-21-11-17-20(12-22(21)34-16-7-9-33-13-16)27-14-28-24(17)29-15-5-6-19(26)18(25)10-15/h3-6,10-12,14,16H,7-9,13H2,1-2H3,(H,30,32)(H,27,28,29)/b4-3-/t16-/m0/s1. The van der Waals surface area contributed by atoms with Gasteiger partial charge < -0.3 is 25.0 Å². The lowest BCUT2D eigenvalue weighted by Gasteiger charge is -2.17. The van der Waals surface area contributed by atoms with Crippen LogP contribution in [0.2, 0.25) is 5.02 Å². The van der Waals surface area contributed by atoms with Crippen molar-refractivity contribution in [1.82, 2.24) is 14.9 Å². The van der Waals surface area contributed by atoms with E-state index in [9.17, 15) is 9.18 Å². The molecule has 34 heavy (non-hydrogen) atoms. The zero-order valence-corrected chi connectivity index (χ0v) is 19.6. The van der Waals surface area contributed by atoms with Crippen LogP contribution in [0.5, 0.6) is 5.75 Å². The van der Waals surface area contributed by atoms with Crippen molar-refractivity contribution in [2.75, 3.05) is 44.5 Å². The molecule has 1 aromatic heterocycles. The van der Waals surface area contributed by atoms with Crippen LogP contribution in [-0.2, 0) is 9.53 Å². The van der Waals surface area contributed by atoms with Crippen LogP contribution < -0.4 is 15.4 Å². The molecule has 1 aliphatic heterocycles. The van der Waals surface area contributed by atoms with E-state index < -0.39 is 5.82 Å². The van der Waals surface area contributed by atoms with Crippen molar-refractivity contribution in [3.05, 3.63) is 59.7 Å². The number of rotatable bonds is 8. The molecule has 0 radical (unpaired) electrons. The highest BCUT2D eigenvalue weighted by Crippen LogP contribution is 2.35. The van der Waals surface area contributed by atoms with Crippen molar-refractivity contribution < 1.29 is 18.7 Å². The van der Waals surface area contributed by atoms with E-state index in [1.165, 1.54) is 24.5 Å². The van der Waals surface area contributed by atoms with Gasteiger partial charge in [-0.1, -0.05) is 17.7 Å². The van der Waals surface area contributed by atoms with Gasteiger partial charge in [-0.05, 0) is 38.4 Å². The number of halogens is 2. The topological polar surface area (TPSA) is 88.6 Å². The summed E-state index contributed by atoms with van der Waals surface area (Å²) in [5, 5.41) is 6.67. The Bertz CT molecular complexity index is 1210. The fourth-order valence-electron chi connectivity index (χ4n) is 3.42. The first-order valence-corrected chi connectivity index (χ1v) is 11.1. The number of ether oxygens (including phenoxy) is 2. The summed E-state index contributed by atoms with van der Waals surface area (Å²) >= 11 is 5.91. The molecule has 8 nitrogen and oxygen atoms in total. The largest absolute Gasteiger partial charge is 0.486 e. The minimum absolute atomic E-state index is 0.00436. The van der Waals surface area contributed by atoms with Gasteiger partial charge in [-0.2, -0.15) is 0 Å². The van der Waals surface area contributed by atoms with E-state index >= 15 is 0 Å². The Morgan fingerprint density at radius 1 is 1.32 bits per heavy atom. The molecule has 1 aliphatic rings. The Morgan fingerprint density at radius 2 is 2.18 bits per heavy atom. The number of anilines is 3. The van der Waals surface area contributed by atoms with Crippen LogP contribution in [-0.4, -0.2) is 60.7 Å². The number of nitrogens with one attached hydrogen (secondary N) is 2. The molecule has 1 amide bonds.